The molecular formula is C19H21F3N4O2S. The minimum Gasteiger partial charge on any atom is -0.344 e. The highest BCUT2D eigenvalue weighted by Crippen LogP contribution is 2.29. The molecule has 2 fully saturated rings. The third kappa shape index (κ3) is 4.37. The summed E-state index contributed by atoms with van der Waals surface area (Å²) in [6, 6.07) is 6.09. The molecule has 6 nitrogen and oxygen atoms in total. The summed E-state index contributed by atoms with van der Waals surface area (Å²) in [4.78, 5) is 33.1. The minimum absolute atomic E-state index is 0.0687. The number of para-hydroxylation sites is 1. The van der Waals surface area contributed by atoms with E-state index in [4.69, 9.17) is 0 Å². The summed E-state index contributed by atoms with van der Waals surface area (Å²) in [7, 11) is 0. The molecule has 2 aromatic rings. The van der Waals surface area contributed by atoms with E-state index in [-0.39, 0.29) is 18.7 Å². The van der Waals surface area contributed by atoms with Crippen molar-refractivity contribution in [1.82, 2.24) is 20.1 Å². The van der Waals surface area contributed by atoms with Gasteiger partial charge in [0.05, 0.1) is 16.8 Å². The van der Waals surface area contributed by atoms with Crippen LogP contribution in [-0.4, -0.2) is 65.0 Å². The van der Waals surface area contributed by atoms with Crippen LogP contribution in [-0.2, 0) is 16.1 Å². The number of amides is 2. The van der Waals surface area contributed by atoms with Crippen LogP contribution >= 0.6 is 11.3 Å². The summed E-state index contributed by atoms with van der Waals surface area (Å²) in [6.07, 6.45) is -4.81. The number of hydrogen-bond donors (Lipinski definition) is 1. The zero-order chi connectivity index (χ0) is 20.6. The zero-order valence-corrected chi connectivity index (χ0v) is 16.4. The van der Waals surface area contributed by atoms with Crippen LogP contribution in [0.15, 0.2) is 24.3 Å². The number of piperidine rings is 1. The van der Waals surface area contributed by atoms with Crippen LogP contribution in [0.4, 0.5) is 13.2 Å². The van der Waals surface area contributed by atoms with Crippen LogP contribution in [0.1, 0.15) is 17.8 Å². The molecule has 1 aromatic carbocycles. The Morgan fingerprint density at radius 2 is 1.90 bits per heavy atom. The van der Waals surface area contributed by atoms with Crippen molar-refractivity contribution in [2.45, 2.75) is 31.6 Å². The second kappa shape index (κ2) is 7.91. The van der Waals surface area contributed by atoms with Crippen molar-refractivity contribution in [2.75, 3.05) is 26.2 Å². The van der Waals surface area contributed by atoms with E-state index in [1.165, 1.54) is 0 Å². The Hall–Kier alpha value is -2.20. The predicted octanol–water partition coefficient (Wildman–Crippen LogP) is 2.40. The van der Waals surface area contributed by atoms with Crippen molar-refractivity contribution >= 4 is 33.4 Å². The highest BCUT2D eigenvalue weighted by Gasteiger charge is 2.46. The number of piperazine rings is 1. The second-order valence-corrected chi connectivity index (χ2v) is 8.52. The first-order valence-electron chi connectivity index (χ1n) is 9.54. The number of carbonyl (C=O) groups is 2. The van der Waals surface area contributed by atoms with E-state index in [2.05, 4.69) is 9.88 Å². The van der Waals surface area contributed by atoms with Gasteiger partial charge in [0.2, 0.25) is 11.8 Å². The molecule has 1 N–H and O–H groups in total. The van der Waals surface area contributed by atoms with Gasteiger partial charge in [-0.3, -0.25) is 14.5 Å². The van der Waals surface area contributed by atoms with Crippen molar-refractivity contribution < 1.29 is 22.8 Å². The number of benzene rings is 1. The van der Waals surface area contributed by atoms with Gasteiger partial charge in [-0.15, -0.1) is 11.3 Å². The Morgan fingerprint density at radius 1 is 1.17 bits per heavy atom. The molecule has 0 aliphatic carbocycles. The molecule has 4 rings (SSSR count). The third-order valence-electron chi connectivity index (χ3n) is 5.45. The number of nitrogens with zero attached hydrogens (tertiary/aromatic N) is 3. The van der Waals surface area contributed by atoms with Gasteiger partial charge >= 0.3 is 6.18 Å². The Kier molecular flexibility index (Phi) is 5.48. The number of aromatic nitrogens is 1. The maximum atomic E-state index is 12.8. The fourth-order valence-electron chi connectivity index (χ4n) is 3.82. The first kappa shape index (κ1) is 20.1. The fourth-order valence-corrected chi connectivity index (χ4v) is 4.83. The maximum Gasteiger partial charge on any atom is 0.408 e. The van der Waals surface area contributed by atoms with Crippen molar-refractivity contribution in [3.05, 3.63) is 29.3 Å². The van der Waals surface area contributed by atoms with Gasteiger partial charge in [-0.1, -0.05) is 12.1 Å². The highest BCUT2D eigenvalue weighted by molar-refractivity contribution is 7.18. The smallest absolute Gasteiger partial charge is 0.344 e. The Balaban J connectivity index is 1.30. The van der Waals surface area contributed by atoms with Crippen LogP contribution in [0, 0.1) is 5.92 Å². The van der Waals surface area contributed by atoms with E-state index in [9.17, 15) is 22.8 Å². The lowest BCUT2D eigenvalue weighted by Gasteiger charge is -2.37. The van der Waals surface area contributed by atoms with E-state index in [0.717, 1.165) is 15.2 Å². The number of nitrogens with one attached hydrogen (secondary N) is 1. The highest BCUT2D eigenvalue weighted by atomic mass is 32.1. The third-order valence-corrected chi connectivity index (χ3v) is 6.47. The van der Waals surface area contributed by atoms with E-state index in [0.29, 0.717) is 32.7 Å². The van der Waals surface area contributed by atoms with Gasteiger partial charge in [-0.05, 0) is 25.0 Å². The van der Waals surface area contributed by atoms with Gasteiger partial charge in [0.1, 0.15) is 17.0 Å². The molecule has 2 atom stereocenters. The molecule has 0 spiro atoms. The maximum absolute atomic E-state index is 12.8. The molecule has 2 saturated heterocycles. The summed E-state index contributed by atoms with van der Waals surface area (Å²) >= 11 is 1.65. The van der Waals surface area contributed by atoms with E-state index >= 15 is 0 Å². The topological polar surface area (TPSA) is 65.5 Å². The van der Waals surface area contributed by atoms with E-state index in [1.807, 2.05) is 29.6 Å². The molecule has 2 aliphatic heterocycles. The lowest BCUT2D eigenvalue weighted by molar-refractivity contribution is -0.172. The first-order chi connectivity index (χ1) is 13.8. The first-order valence-corrected chi connectivity index (χ1v) is 10.4. The summed E-state index contributed by atoms with van der Waals surface area (Å²) in [6.45, 7) is 2.88. The average molecular weight is 426 g/mol. The Labute approximate surface area is 169 Å². The summed E-state index contributed by atoms with van der Waals surface area (Å²) in [5.41, 5.74) is 0.974. The molecular weight excluding hydrogens is 405 g/mol. The van der Waals surface area contributed by atoms with Crippen molar-refractivity contribution in [3.8, 4) is 0 Å². The minimum atomic E-state index is -4.48. The van der Waals surface area contributed by atoms with Crippen LogP contribution in [0.5, 0.6) is 0 Å². The Morgan fingerprint density at radius 3 is 2.55 bits per heavy atom. The van der Waals surface area contributed by atoms with Crippen LogP contribution in [0.2, 0.25) is 0 Å². The van der Waals surface area contributed by atoms with E-state index in [1.54, 1.807) is 16.2 Å². The van der Waals surface area contributed by atoms with E-state index < -0.39 is 24.0 Å². The molecule has 0 radical (unpaired) electrons. The average Bonchev–Trinajstić information content (AvgIpc) is 3.09. The molecule has 29 heavy (non-hydrogen) atoms. The lowest BCUT2D eigenvalue weighted by atomic mass is 9.92. The quantitative estimate of drug-likeness (QED) is 0.766. The monoisotopic (exact) mass is 426 g/mol. The molecule has 0 saturated carbocycles. The van der Waals surface area contributed by atoms with Crippen molar-refractivity contribution in [2.24, 2.45) is 5.92 Å². The SMILES string of the molecule is O=C1NC(C(F)(F)F)CCC1C(=O)N1CCN(Cc2nc3ccccc3s2)CC1. The molecule has 2 amide bonds. The molecule has 0 bridgehead atoms. The van der Waals surface area contributed by atoms with Crippen molar-refractivity contribution in [1.29, 1.82) is 0 Å². The lowest BCUT2D eigenvalue weighted by Crippen LogP contribution is -2.57. The number of thiazole rings is 1. The van der Waals surface area contributed by atoms with Crippen LogP contribution in [0.25, 0.3) is 10.2 Å². The summed E-state index contributed by atoms with van der Waals surface area (Å²) < 4.78 is 39.4. The number of hydrogen-bond acceptors (Lipinski definition) is 5. The zero-order valence-electron chi connectivity index (χ0n) is 15.6. The van der Waals surface area contributed by atoms with Gasteiger partial charge in [-0.2, -0.15) is 13.2 Å². The number of rotatable bonds is 3. The largest absolute Gasteiger partial charge is 0.408 e. The molecule has 1 aromatic heterocycles. The van der Waals surface area contributed by atoms with Gasteiger partial charge < -0.3 is 10.2 Å². The number of alkyl halides is 3. The normalized spacial score (nSPS) is 24.0. The summed E-state index contributed by atoms with van der Waals surface area (Å²) in [5.74, 6) is -2.22. The van der Waals surface area contributed by atoms with Gasteiger partial charge in [0, 0.05) is 26.2 Å². The Bertz CT molecular complexity index is 875. The van der Waals surface area contributed by atoms with Crippen molar-refractivity contribution in [3.63, 3.8) is 0 Å². The van der Waals surface area contributed by atoms with Crippen LogP contribution < -0.4 is 5.32 Å². The standard InChI is InChI=1S/C19H21F3N4O2S/c20-19(21,22)15-6-5-12(17(27)24-15)18(28)26-9-7-25(8-10-26)11-16-23-13-3-1-2-4-14(13)29-16/h1-4,12,15H,5-11H2,(H,24,27). The summed E-state index contributed by atoms with van der Waals surface area (Å²) in [5, 5.41) is 2.96. The molecule has 2 unspecified atom stereocenters. The van der Waals surface area contributed by atoms with Crippen LogP contribution in [0.3, 0.4) is 0 Å². The van der Waals surface area contributed by atoms with Gasteiger partial charge in [-0.25, -0.2) is 4.98 Å². The number of fused-ring (bicyclic) bond motifs is 1. The molecule has 2 aliphatic rings. The molecule has 3 heterocycles. The van der Waals surface area contributed by atoms with Gasteiger partial charge in [0.15, 0.2) is 0 Å². The number of carbonyl (C=O) groups excluding carboxylic acids is 2. The van der Waals surface area contributed by atoms with Gasteiger partial charge in [0.25, 0.3) is 0 Å². The molecule has 10 heteroatoms. The number of halogens is 3. The fraction of sp³-hybridized carbons (Fsp3) is 0.526. The second-order valence-electron chi connectivity index (χ2n) is 7.41. The predicted molar refractivity (Wildman–Crippen MR) is 102 cm³/mol. The molecule has 156 valence electrons.